The number of para-hydroxylation sites is 1. The maximum Gasteiger partial charge on any atom is 0.278 e. The number of aryl methyl sites for hydroxylation is 1. The van der Waals surface area contributed by atoms with Crippen LogP contribution in [-0.4, -0.2) is 43.5 Å². The molecule has 8 nitrogen and oxygen atoms in total. The Morgan fingerprint density at radius 3 is 2.76 bits per heavy atom. The number of nitrogens with zero attached hydrogens (tertiary/aromatic N) is 5. The van der Waals surface area contributed by atoms with E-state index in [1.807, 2.05) is 53.7 Å². The van der Waals surface area contributed by atoms with E-state index in [1.54, 1.807) is 6.20 Å². The smallest absolute Gasteiger partial charge is 0.278 e. The molecule has 154 valence electrons. The van der Waals surface area contributed by atoms with E-state index >= 15 is 0 Å². The number of amides is 1. The van der Waals surface area contributed by atoms with Crippen LogP contribution in [0, 0.1) is 6.92 Å². The summed E-state index contributed by atoms with van der Waals surface area (Å²) in [6.07, 6.45) is 5.64. The van der Waals surface area contributed by atoms with Crippen LogP contribution in [0.5, 0.6) is 0 Å². The summed E-state index contributed by atoms with van der Waals surface area (Å²) in [5, 5.41) is 15.6. The Morgan fingerprint density at radius 2 is 2.03 bits per heavy atom. The van der Waals surface area contributed by atoms with Gasteiger partial charge >= 0.3 is 0 Å². The largest absolute Gasteiger partial charge is 0.329 e. The molecule has 3 heterocycles. The van der Waals surface area contributed by atoms with Gasteiger partial charge in [0.25, 0.3) is 5.91 Å². The van der Waals surface area contributed by atoms with Gasteiger partial charge in [0, 0.05) is 24.3 Å². The maximum absolute atomic E-state index is 12.9. The molecule has 1 amide bonds. The zero-order chi connectivity index (χ0) is 19.5. The number of piperidine rings is 1. The molecule has 1 fully saturated rings. The van der Waals surface area contributed by atoms with Crippen LogP contribution >= 0.6 is 24.2 Å². The van der Waals surface area contributed by atoms with Crippen LogP contribution in [0.2, 0.25) is 0 Å². The Balaban J connectivity index is 0.00000240. The van der Waals surface area contributed by atoms with Gasteiger partial charge in [0.1, 0.15) is 0 Å². The van der Waals surface area contributed by atoms with E-state index in [9.17, 15) is 4.79 Å². The number of carbonyl (C=O) groups excluding carboxylic acids is 1. The fraction of sp³-hybridized carbons (Fsp3) is 0.368. The van der Waals surface area contributed by atoms with Gasteiger partial charge in [-0.05, 0) is 56.7 Å². The molecular formula is C19H24ClN7OS. The van der Waals surface area contributed by atoms with E-state index in [4.69, 9.17) is 0 Å². The Hall–Kier alpha value is -2.36. The second-order valence-electron chi connectivity index (χ2n) is 6.82. The third-order valence-corrected chi connectivity index (χ3v) is 6.06. The first-order valence-corrected chi connectivity index (χ1v) is 10.1. The number of anilines is 1. The lowest BCUT2D eigenvalue weighted by Gasteiger charge is -2.23. The van der Waals surface area contributed by atoms with Crippen molar-refractivity contribution in [1.82, 2.24) is 29.9 Å². The van der Waals surface area contributed by atoms with E-state index in [-0.39, 0.29) is 18.3 Å². The number of benzene rings is 1. The summed E-state index contributed by atoms with van der Waals surface area (Å²) in [4.78, 5) is 18.1. The van der Waals surface area contributed by atoms with Crippen LogP contribution in [0.15, 0.2) is 46.7 Å². The summed E-state index contributed by atoms with van der Waals surface area (Å²) in [5.41, 5.74) is 1.91. The molecule has 0 unspecified atom stereocenters. The van der Waals surface area contributed by atoms with E-state index in [0.29, 0.717) is 11.7 Å². The van der Waals surface area contributed by atoms with Crippen LogP contribution in [0.3, 0.4) is 0 Å². The summed E-state index contributed by atoms with van der Waals surface area (Å²) in [7, 11) is 1.94. The fourth-order valence-corrected chi connectivity index (χ4v) is 4.23. The molecule has 2 aromatic heterocycles. The highest BCUT2D eigenvalue weighted by Gasteiger charge is 2.23. The Labute approximate surface area is 179 Å². The third kappa shape index (κ3) is 4.63. The van der Waals surface area contributed by atoms with Crippen LogP contribution < -0.4 is 10.6 Å². The fourth-order valence-electron chi connectivity index (χ4n) is 3.34. The van der Waals surface area contributed by atoms with Crippen molar-refractivity contribution in [2.45, 2.75) is 35.9 Å². The summed E-state index contributed by atoms with van der Waals surface area (Å²) in [6.45, 7) is 3.83. The van der Waals surface area contributed by atoms with Gasteiger partial charge in [-0.2, -0.15) is 0 Å². The maximum atomic E-state index is 12.9. The first kappa shape index (κ1) is 21.4. The van der Waals surface area contributed by atoms with Crippen LogP contribution in [0.4, 0.5) is 5.69 Å². The molecule has 0 saturated carbocycles. The van der Waals surface area contributed by atoms with Crippen molar-refractivity contribution in [3.8, 4) is 0 Å². The molecular weight excluding hydrogens is 410 g/mol. The normalized spacial score (nSPS) is 14.4. The lowest BCUT2D eigenvalue weighted by atomic mass is 10.1. The van der Waals surface area contributed by atoms with Crippen LogP contribution in [0.25, 0.3) is 0 Å². The monoisotopic (exact) mass is 433 g/mol. The van der Waals surface area contributed by atoms with Crippen molar-refractivity contribution in [3.05, 3.63) is 48.0 Å². The molecule has 0 radical (unpaired) electrons. The second kappa shape index (κ2) is 9.43. The van der Waals surface area contributed by atoms with Gasteiger partial charge in [0.2, 0.25) is 0 Å². The van der Waals surface area contributed by atoms with Gasteiger partial charge in [0.15, 0.2) is 10.9 Å². The molecule has 3 aromatic rings. The van der Waals surface area contributed by atoms with Crippen LogP contribution in [-0.2, 0) is 7.05 Å². The first-order chi connectivity index (χ1) is 13.6. The number of hydrogen-bond donors (Lipinski definition) is 2. The minimum atomic E-state index is -0.245. The van der Waals surface area contributed by atoms with Crippen LogP contribution in [0.1, 0.15) is 35.1 Å². The van der Waals surface area contributed by atoms with Gasteiger partial charge in [-0.3, -0.25) is 4.79 Å². The second-order valence-corrected chi connectivity index (χ2v) is 7.83. The molecule has 0 aliphatic carbocycles. The highest BCUT2D eigenvalue weighted by Crippen LogP contribution is 2.32. The van der Waals surface area contributed by atoms with E-state index < -0.39 is 0 Å². The summed E-state index contributed by atoms with van der Waals surface area (Å²) >= 11 is 1.51. The number of carbonyl (C=O) groups is 1. The zero-order valence-electron chi connectivity index (χ0n) is 16.3. The van der Waals surface area contributed by atoms with Gasteiger partial charge in [-0.15, -0.1) is 17.5 Å². The van der Waals surface area contributed by atoms with Crippen molar-refractivity contribution >= 4 is 35.8 Å². The quantitative estimate of drug-likeness (QED) is 0.642. The molecule has 0 atom stereocenters. The number of aromatic nitrogens is 5. The average Bonchev–Trinajstić information content (AvgIpc) is 3.29. The lowest BCUT2D eigenvalue weighted by molar-refractivity contribution is 0.102. The molecule has 10 heteroatoms. The van der Waals surface area contributed by atoms with E-state index in [0.717, 1.165) is 47.4 Å². The zero-order valence-corrected chi connectivity index (χ0v) is 18.0. The molecule has 1 saturated heterocycles. The molecule has 1 aliphatic heterocycles. The van der Waals surface area contributed by atoms with Crippen molar-refractivity contribution in [2.75, 3.05) is 18.4 Å². The molecule has 1 aromatic carbocycles. The number of halogens is 1. The van der Waals surface area contributed by atoms with Gasteiger partial charge < -0.3 is 15.2 Å². The third-order valence-electron chi connectivity index (χ3n) is 4.91. The Kier molecular flexibility index (Phi) is 6.94. The Morgan fingerprint density at radius 1 is 1.28 bits per heavy atom. The molecule has 29 heavy (non-hydrogen) atoms. The predicted molar refractivity (Wildman–Crippen MR) is 115 cm³/mol. The van der Waals surface area contributed by atoms with E-state index in [1.165, 1.54) is 11.8 Å². The number of hydrogen-bond acceptors (Lipinski definition) is 6. The Bertz CT molecular complexity index is 981. The number of rotatable bonds is 5. The average molecular weight is 434 g/mol. The molecule has 0 spiro atoms. The molecule has 4 rings (SSSR count). The number of nitrogens with one attached hydrogen (secondary N) is 2. The lowest BCUT2D eigenvalue weighted by Crippen LogP contribution is -2.30. The van der Waals surface area contributed by atoms with Gasteiger partial charge in [-0.25, -0.2) is 9.67 Å². The van der Waals surface area contributed by atoms with Crippen molar-refractivity contribution in [2.24, 2.45) is 7.05 Å². The number of imidazole rings is 1. The summed E-state index contributed by atoms with van der Waals surface area (Å²) in [6, 6.07) is 7.99. The predicted octanol–water partition coefficient (Wildman–Crippen LogP) is 3.07. The highest BCUT2D eigenvalue weighted by molar-refractivity contribution is 7.99. The van der Waals surface area contributed by atoms with Crippen molar-refractivity contribution in [3.63, 3.8) is 0 Å². The topological polar surface area (TPSA) is 89.7 Å². The van der Waals surface area contributed by atoms with Gasteiger partial charge in [-0.1, -0.05) is 17.3 Å². The molecule has 1 aliphatic rings. The standard InChI is InChI=1S/C19H23N7OS.ClH/c1-13-17(23-24-26(13)14-7-9-20-10-8-14)18(27)22-15-5-3-4-6-16(15)28-19-21-11-12-25(19)2;/h3-6,11-12,14,20H,7-10H2,1-2H3,(H,22,27);1H. The summed E-state index contributed by atoms with van der Waals surface area (Å²) < 4.78 is 3.84. The van der Waals surface area contributed by atoms with Crippen molar-refractivity contribution in [1.29, 1.82) is 0 Å². The van der Waals surface area contributed by atoms with Crippen molar-refractivity contribution < 1.29 is 4.79 Å². The van der Waals surface area contributed by atoms with E-state index in [2.05, 4.69) is 25.9 Å². The van der Waals surface area contributed by atoms with Gasteiger partial charge in [0.05, 0.1) is 17.4 Å². The summed E-state index contributed by atoms with van der Waals surface area (Å²) in [5.74, 6) is -0.245. The minimum absolute atomic E-state index is 0. The SMILES string of the molecule is Cc1c(C(=O)Nc2ccccc2Sc2nccn2C)nnn1C1CCNCC1.Cl. The molecule has 2 N–H and O–H groups in total. The molecule has 0 bridgehead atoms. The first-order valence-electron chi connectivity index (χ1n) is 9.31. The highest BCUT2D eigenvalue weighted by atomic mass is 35.5. The minimum Gasteiger partial charge on any atom is -0.329 e.